The normalized spacial score (nSPS) is 15.4. The van der Waals surface area contributed by atoms with Crippen molar-refractivity contribution in [3.8, 4) is 0 Å². The lowest BCUT2D eigenvalue weighted by molar-refractivity contribution is 0.0559. The number of aromatic nitrogens is 2. The first-order valence-electron chi connectivity index (χ1n) is 4.78. The second kappa shape index (κ2) is 5.12. The number of methoxy groups -OCH3 is 1. The van der Waals surface area contributed by atoms with E-state index in [9.17, 15) is 5.11 Å². The van der Waals surface area contributed by atoms with Gasteiger partial charge in [0.15, 0.2) is 0 Å². The largest absolute Gasteiger partial charge is 0.392 e. The van der Waals surface area contributed by atoms with Crippen LogP contribution in [0.5, 0.6) is 0 Å². The molecule has 0 spiro atoms. The number of aliphatic hydroxyl groups is 1. The third-order valence-electron chi connectivity index (χ3n) is 2.40. The van der Waals surface area contributed by atoms with Crippen molar-refractivity contribution < 1.29 is 9.84 Å². The van der Waals surface area contributed by atoms with Crippen LogP contribution in [0.15, 0.2) is 12.4 Å². The van der Waals surface area contributed by atoms with E-state index < -0.39 is 6.10 Å². The van der Waals surface area contributed by atoms with Crippen LogP contribution in [0.25, 0.3) is 0 Å². The van der Waals surface area contributed by atoms with Gasteiger partial charge in [-0.2, -0.15) is 0 Å². The average molecular weight is 198 g/mol. The molecule has 0 fully saturated rings. The molecule has 1 aromatic rings. The van der Waals surface area contributed by atoms with Gasteiger partial charge in [0, 0.05) is 38.9 Å². The van der Waals surface area contributed by atoms with Crippen LogP contribution in [0.4, 0.5) is 0 Å². The number of nitrogens with zero attached hydrogens (tertiary/aromatic N) is 2. The Balaban J connectivity index is 2.48. The standard InChI is InChI=1S/C10H18N2O2/c1-8(7-14-3)9(13)6-10-11-4-5-12(10)2/h4-5,8-9,13H,6-7H2,1-3H3. The van der Waals surface area contributed by atoms with Crippen molar-refractivity contribution in [1.82, 2.24) is 9.55 Å². The molecule has 0 bridgehead atoms. The van der Waals surface area contributed by atoms with E-state index in [-0.39, 0.29) is 5.92 Å². The summed E-state index contributed by atoms with van der Waals surface area (Å²) >= 11 is 0. The Morgan fingerprint density at radius 3 is 2.86 bits per heavy atom. The van der Waals surface area contributed by atoms with E-state index >= 15 is 0 Å². The van der Waals surface area contributed by atoms with Gasteiger partial charge >= 0.3 is 0 Å². The summed E-state index contributed by atoms with van der Waals surface area (Å²) in [7, 11) is 3.57. The summed E-state index contributed by atoms with van der Waals surface area (Å²) < 4.78 is 6.91. The molecule has 0 saturated heterocycles. The molecule has 0 amide bonds. The van der Waals surface area contributed by atoms with Gasteiger partial charge in [0.2, 0.25) is 0 Å². The van der Waals surface area contributed by atoms with E-state index in [0.29, 0.717) is 13.0 Å². The summed E-state index contributed by atoms with van der Waals surface area (Å²) in [4.78, 5) is 4.16. The number of rotatable bonds is 5. The van der Waals surface area contributed by atoms with Crippen molar-refractivity contribution in [2.75, 3.05) is 13.7 Å². The fraction of sp³-hybridized carbons (Fsp3) is 0.700. The molecule has 0 aliphatic rings. The fourth-order valence-electron chi connectivity index (χ4n) is 1.36. The first kappa shape index (κ1) is 11.2. The van der Waals surface area contributed by atoms with Crippen molar-refractivity contribution in [1.29, 1.82) is 0 Å². The molecular weight excluding hydrogens is 180 g/mol. The zero-order valence-corrected chi connectivity index (χ0v) is 8.97. The molecule has 0 aliphatic heterocycles. The van der Waals surface area contributed by atoms with E-state index in [0.717, 1.165) is 5.82 Å². The zero-order chi connectivity index (χ0) is 10.6. The summed E-state index contributed by atoms with van der Waals surface area (Å²) in [5, 5.41) is 9.81. The minimum Gasteiger partial charge on any atom is -0.392 e. The van der Waals surface area contributed by atoms with Gasteiger partial charge in [-0.05, 0) is 0 Å². The van der Waals surface area contributed by atoms with Crippen LogP contribution in [0.2, 0.25) is 0 Å². The Hall–Kier alpha value is -0.870. The van der Waals surface area contributed by atoms with E-state index in [1.807, 2.05) is 24.7 Å². The van der Waals surface area contributed by atoms with Gasteiger partial charge < -0.3 is 14.4 Å². The Bertz CT molecular complexity index is 273. The highest BCUT2D eigenvalue weighted by Crippen LogP contribution is 2.09. The molecule has 0 radical (unpaired) electrons. The smallest absolute Gasteiger partial charge is 0.110 e. The van der Waals surface area contributed by atoms with Crippen LogP contribution >= 0.6 is 0 Å². The van der Waals surface area contributed by atoms with Crippen LogP contribution in [0, 0.1) is 5.92 Å². The number of aryl methyl sites for hydroxylation is 1. The van der Waals surface area contributed by atoms with Crippen LogP contribution in [0.3, 0.4) is 0 Å². The SMILES string of the molecule is COCC(C)C(O)Cc1nccn1C. The first-order valence-corrected chi connectivity index (χ1v) is 4.78. The Morgan fingerprint density at radius 1 is 1.64 bits per heavy atom. The maximum absolute atomic E-state index is 9.81. The summed E-state index contributed by atoms with van der Waals surface area (Å²) in [6.45, 7) is 2.54. The first-order chi connectivity index (χ1) is 6.65. The second-order valence-corrected chi connectivity index (χ2v) is 3.66. The highest BCUT2D eigenvalue weighted by Gasteiger charge is 2.16. The molecule has 1 heterocycles. The molecule has 1 rings (SSSR count). The second-order valence-electron chi connectivity index (χ2n) is 3.66. The van der Waals surface area contributed by atoms with Crippen molar-refractivity contribution in [3.63, 3.8) is 0 Å². The van der Waals surface area contributed by atoms with Gasteiger partial charge in [-0.1, -0.05) is 6.92 Å². The minimum atomic E-state index is -0.393. The Labute approximate surface area is 84.5 Å². The van der Waals surface area contributed by atoms with Gasteiger partial charge in [0.25, 0.3) is 0 Å². The molecule has 4 heteroatoms. The monoisotopic (exact) mass is 198 g/mol. The summed E-state index contributed by atoms with van der Waals surface area (Å²) in [5.74, 6) is 1.04. The minimum absolute atomic E-state index is 0.136. The van der Waals surface area contributed by atoms with Gasteiger partial charge in [-0.3, -0.25) is 0 Å². The number of ether oxygens (including phenoxy) is 1. The lowest BCUT2D eigenvalue weighted by Crippen LogP contribution is -2.25. The Morgan fingerprint density at radius 2 is 2.36 bits per heavy atom. The van der Waals surface area contributed by atoms with E-state index in [2.05, 4.69) is 4.98 Å². The van der Waals surface area contributed by atoms with Gasteiger partial charge in [-0.25, -0.2) is 4.98 Å². The van der Waals surface area contributed by atoms with Crippen LogP contribution in [0.1, 0.15) is 12.7 Å². The molecule has 4 nitrogen and oxygen atoms in total. The number of imidazole rings is 1. The molecule has 80 valence electrons. The highest BCUT2D eigenvalue weighted by molar-refractivity contribution is 4.93. The maximum Gasteiger partial charge on any atom is 0.110 e. The van der Waals surface area contributed by atoms with Crippen molar-refractivity contribution in [3.05, 3.63) is 18.2 Å². The molecule has 2 unspecified atom stereocenters. The van der Waals surface area contributed by atoms with Crippen LogP contribution in [-0.2, 0) is 18.2 Å². The van der Waals surface area contributed by atoms with Gasteiger partial charge in [0.1, 0.15) is 5.82 Å². The lowest BCUT2D eigenvalue weighted by atomic mass is 10.0. The zero-order valence-electron chi connectivity index (χ0n) is 8.97. The molecule has 1 aromatic heterocycles. The van der Waals surface area contributed by atoms with Crippen molar-refractivity contribution in [2.24, 2.45) is 13.0 Å². The summed E-state index contributed by atoms with van der Waals surface area (Å²) in [5.41, 5.74) is 0. The number of hydrogen-bond donors (Lipinski definition) is 1. The quantitative estimate of drug-likeness (QED) is 0.754. The van der Waals surface area contributed by atoms with E-state index in [1.54, 1.807) is 13.3 Å². The van der Waals surface area contributed by atoms with Crippen LogP contribution in [-0.4, -0.2) is 34.5 Å². The molecule has 0 saturated carbocycles. The highest BCUT2D eigenvalue weighted by atomic mass is 16.5. The number of aliphatic hydroxyl groups excluding tert-OH is 1. The van der Waals surface area contributed by atoms with E-state index in [1.165, 1.54) is 0 Å². The van der Waals surface area contributed by atoms with E-state index in [4.69, 9.17) is 4.74 Å². The third kappa shape index (κ3) is 2.82. The molecule has 2 atom stereocenters. The Kier molecular flexibility index (Phi) is 4.10. The predicted octanol–water partition coefficient (Wildman–Crippen LogP) is 0.606. The molecule has 0 aliphatic carbocycles. The topological polar surface area (TPSA) is 47.3 Å². The average Bonchev–Trinajstić information content (AvgIpc) is 2.52. The predicted molar refractivity (Wildman–Crippen MR) is 54.0 cm³/mol. The molecular formula is C10H18N2O2. The fourth-order valence-corrected chi connectivity index (χ4v) is 1.36. The van der Waals surface area contributed by atoms with Crippen LogP contribution < -0.4 is 0 Å². The van der Waals surface area contributed by atoms with Gasteiger partial charge in [0.05, 0.1) is 12.7 Å². The summed E-state index contributed by atoms with van der Waals surface area (Å²) in [6.07, 6.45) is 3.80. The molecule has 14 heavy (non-hydrogen) atoms. The lowest BCUT2D eigenvalue weighted by Gasteiger charge is -2.17. The van der Waals surface area contributed by atoms with Crippen molar-refractivity contribution in [2.45, 2.75) is 19.4 Å². The van der Waals surface area contributed by atoms with Crippen molar-refractivity contribution >= 4 is 0 Å². The maximum atomic E-state index is 9.81. The van der Waals surface area contributed by atoms with Gasteiger partial charge in [-0.15, -0.1) is 0 Å². The molecule has 0 aromatic carbocycles. The third-order valence-corrected chi connectivity index (χ3v) is 2.40. The number of hydrogen-bond acceptors (Lipinski definition) is 3. The summed E-state index contributed by atoms with van der Waals surface area (Å²) in [6, 6.07) is 0. The molecule has 1 N–H and O–H groups in total.